The number of ether oxygens (including phenoxy) is 3. The van der Waals surface area contributed by atoms with Gasteiger partial charge in [0.15, 0.2) is 11.5 Å². The monoisotopic (exact) mass is 285 g/mol. The maximum Gasteiger partial charge on any atom is 0.327 e. The minimum Gasteiger partial charge on any atom is -0.486 e. The first-order chi connectivity index (χ1) is 9.17. The smallest absolute Gasteiger partial charge is 0.327 e. The summed E-state index contributed by atoms with van der Waals surface area (Å²) in [7, 11) is 1.69. The van der Waals surface area contributed by atoms with Gasteiger partial charge in [-0.15, -0.1) is 0 Å². The number of likely N-dealkylation sites (N-methyl/N-ethyl adjacent to an activating group) is 1. The van der Waals surface area contributed by atoms with Crippen molar-refractivity contribution in [1.82, 2.24) is 5.32 Å². The SMILES string of the molecule is CCOC(=O)C(NC)c1cc(Cl)c2c(c1)OCCO2. The van der Waals surface area contributed by atoms with E-state index in [9.17, 15) is 4.79 Å². The maximum absolute atomic E-state index is 11.9. The van der Waals surface area contributed by atoms with Crippen molar-refractivity contribution >= 4 is 17.6 Å². The molecular weight excluding hydrogens is 270 g/mol. The van der Waals surface area contributed by atoms with Crippen LogP contribution >= 0.6 is 11.6 Å². The number of halogens is 1. The summed E-state index contributed by atoms with van der Waals surface area (Å²) in [6.07, 6.45) is 0. The number of nitrogens with one attached hydrogen (secondary N) is 1. The summed E-state index contributed by atoms with van der Waals surface area (Å²) >= 11 is 6.15. The van der Waals surface area contributed by atoms with Gasteiger partial charge in [0, 0.05) is 0 Å². The number of carbonyl (C=O) groups excluding carboxylic acids is 1. The number of esters is 1. The molecule has 0 amide bonds. The predicted octanol–water partition coefficient (Wildman–Crippen LogP) is 1.93. The van der Waals surface area contributed by atoms with Crippen LogP contribution in [0, 0.1) is 0 Å². The van der Waals surface area contributed by atoms with Crippen molar-refractivity contribution in [3.05, 3.63) is 22.7 Å². The molecule has 1 atom stereocenters. The zero-order valence-electron chi connectivity index (χ0n) is 10.9. The van der Waals surface area contributed by atoms with Crippen LogP contribution in [0.3, 0.4) is 0 Å². The second kappa shape index (κ2) is 6.12. The third-order valence-electron chi connectivity index (χ3n) is 2.76. The molecule has 2 rings (SSSR count). The molecule has 0 aliphatic carbocycles. The summed E-state index contributed by atoms with van der Waals surface area (Å²) in [5, 5.41) is 3.33. The van der Waals surface area contributed by atoms with Crippen LogP contribution in [0.25, 0.3) is 0 Å². The third kappa shape index (κ3) is 2.93. The molecule has 1 heterocycles. The van der Waals surface area contributed by atoms with E-state index in [0.29, 0.717) is 41.9 Å². The average molecular weight is 286 g/mol. The molecule has 1 aromatic rings. The Morgan fingerprint density at radius 3 is 2.89 bits per heavy atom. The van der Waals surface area contributed by atoms with Crippen LogP contribution in [-0.4, -0.2) is 32.8 Å². The second-order valence-corrected chi connectivity index (χ2v) is 4.41. The number of carbonyl (C=O) groups is 1. The fourth-order valence-electron chi connectivity index (χ4n) is 1.94. The molecule has 0 saturated heterocycles. The Balaban J connectivity index is 2.33. The Labute approximate surface area is 116 Å². The quantitative estimate of drug-likeness (QED) is 0.857. The van der Waals surface area contributed by atoms with E-state index in [1.54, 1.807) is 26.1 Å². The van der Waals surface area contributed by atoms with Crippen LogP contribution in [0.4, 0.5) is 0 Å². The van der Waals surface area contributed by atoms with Crippen molar-refractivity contribution in [3.8, 4) is 11.5 Å². The lowest BCUT2D eigenvalue weighted by molar-refractivity contribution is -0.145. The molecule has 6 heteroatoms. The lowest BCUT2D eigenvalue weighted by Crippen LogP contribution is -2.27. The number of benzene rings is 1. The fourth-order valence-corrected chi connectivity index (χ4v) is 2.22. The van der Waals surface area contributed by atoms with Gasteiger partial charge in [0.1, 0.15) is 19.3 Å². The molecule has 0 spiro atoms. The van der Waals surface area contributed by atoms with E-state index in [-0.39, 0.29) is 5.97 Å². The molecular formula is C13H16ClNO4. The van der Waals surface area contributed by atoms with Crippen LogP contribution in [-0.2, 0) is 9.53 Å². The van der Waals surface area contributed by atoms with E-state index >= 15 is 0 Å². The average Bonchev–Trinajstić information content (AvgIpc) is 2.40. The first kappa shape index (κ1) is 14.0. The number of hydrogen-bond acceptors (Lipinski definition) is 5. The molecule has 0 aromatic heterocycles. The minimum absolute atomic E-state index is 0.329. The van der Waals surface area contributed by atoms with Gasteiger partial charge in [-0.3, -0.25) is 0 Å². The first-order valence-electron chi connectivity index (χ1n) is 6.10. The van der Waals surface area contributed by atoms with Gasteiger partial charge in [-0.05, 0) is 31.7 Å². The summed E-state index contributed by atoms with van der Waals surface area (Å²) in [4.78, 5) is 11.9. The highest BCUT2D eigenvalue weighted by Gasteiger charge is 2.24. The van der Waals surface area contributed by atoms with Gasteiger partial charge in [0.05, 0.1) is 11.6 Å². The Bertz CT molecular complexity index is 478. The normalized spacial score (nSPS) is 14.9. The first-order valence-corrected chi connectivity index (χ1v) is 6.48. The molecule has 1 aliphatic rings. The highest BCUT2D eigenvalue weighted by atomic mass is 35.5. The number of fused-ring (bicyclic) bond motifs is 1. The lowest BCUT2D eigenvalue weighted by Gasteiger charge is -2.22. The summed E-state index contributed by atoms with van der Waals surface area (Å²) in [5.41, 5.74) is 0.690. The van der Waals surface area contributed by atoms with E-state index in [0.717, 1.165) is 0 Å². The highest BCUT2D eigenvalue weighted by Crippen LogP contribution is 2.39. The van der Waals surface area contributed by atoms with Gasteiger partial charge in [-0.25, -0.2) is 4.79 Å². The van der Waals surface area contributed by atoms with Crippen molar-refractivity contribution in [2.24, 2.45) is 0 Å². The van der Waals surface area contributed by atoms with Crippen LogP contribution < -0.4 is 14.8 Å². The molecule has 1 N–H and O–H groups in total. The molecule has 1 aliphatic heterocycles. The van der Waals surface area contributed by atoms with Gasteiger partial charge < -0.3 is 19.5 Å². The summed E-state index contributed by atoms with van der Waals surface area (Å²) < 4.78 is 15.9. The Morgan fingerprint density at radius 2 is 2.21 bits per heavy atom. The van der Waals surface area contributed by atoms with Crippen LogP contribution in [0.5, 0.6) is 11.5 Å². The predicted molar refractivity (Wildman–Crippen MR) is 70.9 cm³/mol. The van der Waals surface area contributed by atoms with Crippen molar-refractivity contribution in [3.63, 3.8) is 0 Å². The lowest BCUT2D eigenvalue weighted by atomic mass is 10.1. The number of hydrogen-bond donors (Lipinski definition) is 1. The Morgan fingerprint density at radius 1 is 1.47 bits per heavy atom. The molecule has 0 fully saturated rings. The number of rotatable bonds is 4. The molecule has 104 valence electrons. The van der Waals surface area contributed by atoms with Crippen molar-refractivity contribution in [1.29, 1.82) is 0 Å². The molecule has 0 radical (unpaired) electrons. The van der Waals surface area contributed by atoms with Crippen molar-refractivity contribution in [2.45, 2.75) is 13.0 Å². The van der Waals surface area contributed by atoms with E-state index in [1.807, 2.05) is 0 Å². The van der Waals surface area contributed by atoms with Gasteiger partial charge in [0.2, 0.25) is 0 Å². The van der Waals surface area contributed by atoms with Crippen LogP contribution in [0.2, 0.25) is 5.02 Å². The third-order valence-corrected chi connectivity index (χ3v) is 3.04. The topological polar surface area (TPSA) is 56.8 Å². The fraction of sp³-hybridized carbons (Fsp3) is 0.462. The van der Waals surface area contributed by atoms with E-state index in [2.05, 4.69) is 5.32 Å². The molecule has 1 unspecified atom stereocenters. The summed E-state index contributed by atoms with van der Waals surface area (Å²) in [6.45, 7) is 3.03. The largest absolute Gasteiger partial charge is 0.486 e. The van der Waals surface area contributed by atoms with Gasteiger partial charge in [-0.1, -0.05) is 11.6 Å². The molecule has 0 bridgehead atoms. The Kier molecular flexibility index (Phi) is 4.50. The van der Waals surface area contributed by atoms with E-state index < -0.39 is 6.04 Å². The minimum atomic E-state index is -0.576. The van der Waals surface area contributed by atoms with Crippen LogP contribution in [0.15, 0.2) is 12.1 Å². The Hall–Kier alpha value is -1.46. The molecule has 19 heavy (non-hydrogen) atoms. The maximum atomic E-state index is 11.9. The van der Waals surface area contributed by atoms with E-state index in [4.69, 9.17) is 25.8 Å². The van der Waals surface area contributed by atoms with Crippen molar-refractivity contribution in [2.75, 3.05) is 26.9 Å². The molecule has 1 aromatic carbocycles. The van der Waals surface area contributed by atoms with Gasteiger partial charge in [-0.2, -0.15) is 0 Å². The van der Waals surface area contributed by atoms with Gasteiger partial charge >= 0.3 is 5.97 Å². The zero-order valence-corrected chi connectivity index (χ0v) is 11.6. The zero-order chi connectivity index (χ0) is 13.8. The molecule has 0 saturated carbocycles. The van der Waals surface area contributed by atoms with Crippen molar-refractivity contribution < 1.29 is 19.0 Å². The summed E-state index contributed by atoms with van der Waals surface area (Å²) in [6, 6.07) is 2.86. The standard InChI is InChI=1S/C13H16ClNO4/c1-3-17-13(16)11(15-2)8-6-9(14)12-10(7-8)18-4-5-19-12/h6-7,11,15H,3-5H2,1-2H3. The molecule has 5 nitrogen and oxygen atoms in total. The highest BCUT2D eigenvalue weighted by molar-refractivity contribution is 6.32. The second-order valence-electron chi connectivity index (χ2n) is 4.00. The van der Waals surface area contributed by atoms with Gasteiger partial charge in [0.25, 0.3) is 0 Å². The van der Waals surface area contributed by atoms with Crippen LogP contribution in [0.1, 0.15) is 18.5 Å². The van der Waals surface area contributed by atoms with E-state index in [1.165, 1.54) is 0 Å². The summed E-state index contributed by atoms with van der Waals surface area (Å²) in [5.74, 6) is 0.728.